The van der Waals surface area contributed by atoms with Crippen LogP contribution in [0.15, 0.2) is 66.7 Å². The Kier molecular flexibility index (Phi) is 6.42. The van der Waals surface area contributed by atoms with Gasteiger partial charge in [0.25, 0.3) is 5.69 Å². The summed E-state index contributed by atoms with van der Waals surface area (Å²) in [5, 5.41) is 13.7. The van der Waals surface area contributed by atoms with Gasteiger partial charge in [0.2, 0.25) is 5.91 Å². The summed E-state index contributed by atoms with van der Waals surface area (Å²) in [5.74, 6) is -0.0596. The van der Waals surface area contributed by atoms with Gasteiger partial charge in [0.15, 0.2) is 0 Å². The molecule has 0 spiro atoms. The molecule has 1 heterocycles. The predicted molar refractivity (Wildman–Crippen MR) is 137 cm³/mol. The van der Waals surface area contributed by atoms with Crippen LogP contribution in [0.25, 0.3) is 22.2 Å². The number of aryl methyl sites for hydroxylation is 2. The van der Waals surface area contributed by atoms with E-state index in [9.17, 15) is 28.1 Å². The number of amides is 1. The molecular formula is C28H25F3N4O3. The minimum absolute atomic E-state index is 0.0373. The van der Waals surface area contributed by atoms with E-state index in [1.165, 1.54) is 6.07 Å². The van der Waals surface area contributed by atoms with Crippen LogP contribution in [0, 0.1) is 17.0 Å². The number of carbonyl (C=O) groups is 1. The van der Waals surface area contributed by atoms with E-state index in [2.05, 4.69) is 10.3 Å². The summed E-state index contributed by atoms with van der Waals surface area (Å²) in [6, 6.07) is 19.4. The zero-order valence-electron chi connectivity index (χ0n) is 20.6. The van der Waals surface area contributed by atoms with E-state index in [1.807, 2.05) is 24.3 Å². The molecule has 3 aromatic carbocycles. The van der Waals surface area contributed by atoms with Crippen molar-refractivity contribution < 1.29 is 22.9 Å². The zero-order valence-corrected chi connectivity index (χ0v) is 20.6. The average molecular weight is 523 g/mol. The third kappa shape index (κ3) is 4.29. The van der Waals surface area contributed by atoms with Crippen LogP contribution in [0.4, 0.5) is 18.9 Å². The first-order valence-corrected chi connectivity index (χ1v) is 12.3. The number of unbranched alkanes of at least 4 members (excludes halogenated alkanes) is 1. The summed E-state index contributed by atoms with van der Waals surface area (Å²) in [6.45, 7) is 0.776. The lowest BCUT2D eigenvalue weighted by molar-refractivity contribution is -0.383. The highest BCUT2D eigenvalue weighted by atomic mass is 19.4. The van der Waals surface area contributed by atoms with Crippen molar-refractivity contribution in [3.05, 3.63) is 93.8 Å². The van der Waals surface area contributed by atoms with Crippen molar-refractivity contribution in [2.45, 2.75) is 44.3 Å². The van der Waals surface area contributed by atoms with E-state index >= 15 is 0 Å². The summed E-state index contributed by atoms with van der Waals surface area (Å²) in [7, 11) is 0. The normalized spacial score (nSPS) is 13.8. The van der Waals surface area contributed by atoms with Gasteiger partial charge in [-0.25, -0.2) is 4.98 Å². The van der Waals surface area contributed by atoms with Crippen LogP contribution in [0.5, 0.6) is 0 Å². The molecule has 1 N–H and O–H groups in total. The minimum atomic E-state index is -4.54. The molecule has 0 bridgehead atoms. The Morgan fingerprint density at radius 3 is 2.24 bits per heavy atom. The standard InChI is InChI=1S/C28H25F3N4O3/c1-18-33-23-13-8-14-24(35(37)38)25(23)34(18)16-7-6-15-27(26(36)32-17-28(29,30)31)21-11-4-2-9-19(21)20-10-3-5-12-22(20)27/h2-5,8-14H,6-7,15-17H2,1H3,(H,32,36). The van der Waals surface area contributed by atoms with E-state index in [0.29, 0.717) is 47.4 Å². The molecule has 0 saturated heterocycles. The van der Waals surface area contributed by atoms with Gasteiger partial charge in [0.1, 0.15) is 23.3 Å². The van der Waals surface area contributed by atoms with Gasteiger partial charge in [-0.15, -0.1) is 0 Å². The van der Waals surface area contributed by atoms with Gasteiger partial charge in [-0.05, 0) is 54.5 Å². The van der Waals surface area contributed by atoms with Gasteiger partial charge < -0.3 is 9.88 Å². The first kappa shape index (κ1) is 25.4. The predicted octanol–water partition coefficient (Wildman–Crippen LogP) is 6.07. The van der Waals surface area contributed by atoms with E-state index < -0.39 is 29.0 Å². The van der Waals surface area contributed by atoms with Crippen LogP contribution in [0.1, 0.15) is 36.2 Å². The third-order valence-corrected chi connectivity index (χ3v) is 7.22. The summed E-state index contributed by atoms with van der Waals surface area (Å²) >= 11 is 0. The van der Waals surface area contributed by atoms with Crippen molar-refractivity contribution in [3.8, 4) is 11.1 Å². The van der Waals surface area contributed by atoms with Gasteiger partial charge in [-0.2, -0.15) is 13.2 Å². The average Bonchev–Trinajstić information content (AvgIpc) is 3.37. The van der Waals surface area contributed by atoms with Crippen LogP contribution < -0.4 is 5.32 Å². The zero-order chi connectivity index (χ0) is 27.1. The summed E-state index contributed by atoms with van der Waals surface area (Å²) in [5.41, 5.74) is 2.67. The highest BCUT2D eigenvalue weighted by Gasteiger charge is 2.49. The molecule has 0 atom stereocenters. The second kappa shape index (κ2) is 9.59. The van der Waals surface area contributed by atoms with Crippen molar-refractivity contribution in [2.24, 2.45) is 0 Å². The Labute approximate surface area is 216 Å². The molecule has 5 rings (SSSR count). The number of hydrogen-bond acceptors (Lipinski definition) is 4. The fraction of sp³-hybridized carbons (Fsp3) is 0.286. The van der Waals surface area contributed by atoms with E-state index in [1.54, 1.807) is 47.9 Å². The number of alkyl halides is 3. The lowest BCUT2D eigenvalue weighted by Crippen LogP contribution is -2.47. The Morgan fingerprint density at radius 2 is 1.63 bits per heavy atom. The fourth-order valence-electron chi connectivity index (χ4n) is 5.65. The topological polar surface area (TPSA) is 90.1 Å². The number of carbonyl (C=O) groups excluding carboxylic acids is 1. The molecule has 1 aliphatic rings. The lowest BCUT2D eigenvalue weighted by atomic mass is 9.73. The monoisotopic (exact) mass is 522 g/mol. The highest BCUT2D eigenvalue weighted by Crippen LogP contribution is 2.51. The molecule has 4 aromatic rings. The molecule has 1 aliphatic carbocycles. The third-order valence-electron chi connectivity index (χ3n) is 7.22. The molecular weight excluding hydrogens is 497 g/mol. The Balaban J connectivity index is 1.46. The maximum atomic E-state index is 13.6. The number of imidazole rings is 1. The minimum Gasteiger partial charge on any atom is -0.346 e. The van der Waals surface area contributed by atoms with Crippen molar-refractivity contribution >= 4 is 22.6 Å². The molecule has 1 amide bonds. The number of nitrogens with zero attached hydrogens (tertiary/aromatic N) is 3. The SMILES string of the molecule is Cc1nc2cccc([N+](=O)[O-])c2n1CCCCC1(C(=O)NCC(F)(F)F)c2ccccc2-c2ccccc21. The second-order valence-electron chi connectivity index (χ2n) is 9.46. The first-order chi connectivity index (χ1) is 18.1. The number of nitrogens with one attached hydrogen (secondary N) is 1. The van der Waals surface area contributed by atoms with Crippen molar-refractivity contribution in [1.29, 1.82) is 0 Å². The van der Waals surface area contributed by atoms with E-state index in [-0.39, 0.29) is 12.1 Å². The van der Waals surface area contributed by atoms with Gasteiger partial charge >= 0.3 is 6.18 Å². The number of rotatable bonds is 8. The molecule has 196 valence electrons. The highest BCUT2D eigenvalue weighted by molar-refractivity contribution is 6.00. The van der Waals surface area contributed by atoms with Gasteiger partial charge in [-0.1, -0.05) is 54.6 Å². The Bertz CT molecular complexity index is 1500. The number of para-hydroxylation sites is 1. The van der Waals surface area contributed by atoms with Gasteiger partial charge in [0, 0.05) is 12.6 Å². The maximum absolute atomic E-state index is 13.6. The van der Waals surface area contributed by atoms with Crippen LogP contribution in [-0.4, -0.2) is 33.1 Å². The Morgan fingerprint density at radius 1 is 1.00 bits per heavy atom. The quantitative estimate of drug-likeness (QED) is 0.173. The molecule has 0 aliphatic heterocycles. The second-order valence-corrected chi connectivity index (χ2v) is 9.46. The summed E-state index contributed by atoms with van der Waals surface area (Å²) < 4.78 is 41.0. The Hall–Kier alpha value is -4.21. The molecule has 0 fully saturated rings. The number of fused-ring (bicyclic) bond motifs is 4. The fourth-order valence-corrected chi connectivity index (χ4v) is 5.65. The molecule has 0 unspecified atom stereocenters. The van der Waals surface area contributed by atoms with Crippen molar-refractivity contribution in [1.82, 2.24) is 14.9 Å². The molecule has 38 heavy (non-hydrogen) atoms. The van der Waals surface area contributed by atoms with Crippen LogP contribution in [0.3, 0.4) is 0 Å². The maximum Gasteiger partial charge on any atom is 0.405 e. The number of nitro benzene ring substituents is 1. The van der Waals surface area contributed by atoms with Crippen molar-refractivity contribution in [3.63, 3.8) is 0 Å². The lowest BCUT2D eigenvalue weighted by Gasteiger charge is -2.31. The molecule has 0 saturated carbocycles. The van der Waals surface area contributed by atoms with E-state index in [0.717, 1.165) is 11.1 Å². The van der Waals surface area contributed by atoms with Crippen LogP contribution >= 0.6 is 0 Å². The molecule has 10 heteroatoms. The summed E-state index contributed by atoms with van der Waals surface area (Å²) in [6.07, 6.45) is -3.24. The summed E-state index contributed by atoms with van der Waals surface area (Å²) in [4.78, 5) is 29.2. The van der Waals surface area contributed by atoms with Crippen molar-refractivity contribution in [2.75, 3.05) is 6.54 Å². The van der Waals surface area contributed by atoms with Crippen LogP contribution in [0.2, 0.25) is 0 Å². The van der Waals surface area contributed by atoms with Crippen LogP contribution in [-0.2, 0) is 16.8 Å². The number of hydrogen-bond donors (Lipinski definition) is 1. The molecule has 0 radical (unpaired) electrons. The van der Waals surface area contributed by atoms with E-state index in [4.69, 9.17) is 0 Å². The number of nitro groups is 1. The smallest absolute Gasteiger partial charge is 0.346 e. The number of benzene rings is 3. The number of aromatic nitrogens is 2. The van der Waals surface area contributed by atoms with Gasteiger partial charge in [0.05, 0.1) is 10.4 Å². The van der Waals surface area contributed by atoms with Gasteiger partial charge in [-0.3, -0.25) is 14.9 Å². The molecule has 7 nitrogen and oxygen atoms in total. The first-order valence-electron chi connectivity index (χ1n) is 12.3. The number of non-ortho nitro benzene ring substituents is 1. The largest absolute Gasteiger partial charge is 0.405 e. The molecule has 1 aromatic heterocycles. The number of halogens is 3.